The van der Waals surface area contributed by atoms with Crippen molar-refractivity contribution in [2.24, 2.45) is 4.99 Å². The predicted octanol–water partition coefficient (Wildman–Crippen LogP) is 3.73. The van der Waals surface area contributed by atoms with Crippen LogP contribution in [0.15, 0.2) is 68.5 Å². The maximum absolute atomic E-state index is 10.8. The molecule has 3 aromatic rings. The number of carbonyl (C=O) groups is 1. The van der Waals surface area contributed by atoms with Crippen LogP contribution in [0.4, 0.5) is 11.4 Å². The Hall–Kier alpha value is -3.26. The molecule has 2 aromatic carbocycles. The summed E-state index contributed by atoms with van der Waals surface area (Å²) in [7, 11) is 0. The number of hydrogen-bond acceptors (Lipinski definition) is 6. The number of nitro benzene ring substituents is 1. The molecule has 0 N–H and O–H groups in total. The summed E-state index contributed by atoms with van der Waals surface area (Å²) in [4.78, 5) is 25.2. The van der Waals surface area contributed by atoms with Crippen LogP contribution in [-0.4, -0.2) is 17.1 Å². The first-order valence-corrected chi connectivity index (χ1v) is 8.13. The number of benzene rings is 2. The molecule has 0 aliphatic carbocycles. The molecule has 0 aliphatic rings. The molecule has 8 heteroatoms. The molecule has 0 saturated carbocycles. The number of hydrogen-bond donors (Lipinski definition) is 0. The van der Waals surface area contributed by atoms with E-state index in [9.17, 15) is 20.0 Å². The lowest BCUT2D eigenvalue weighted by atomic mass is 10.1. The van der Waals surface area contributed by atoms with Crippen LogP contribution < -0.4 is 5.11 Å². The number of furan rings is 1. The largest absolute Gasteiger partial charge is 0.545 e. The molecule has 26 heavy (non-hydrogen) atoms. The molecular formula is C18H10BrN2O5-. The normalized spacial score (nSPS) is 11.0. The quantitative estimate of drug-likeness (QED) is 0.359. The average molecular weight is 414 g/mol. The summed E-state index contributed by atoms with van der Waals surface area (Å²) < 4.78 is 6.23. The fourth-order valence-corrected chi connectivity index (χ4v) is 2.77. The zero-order valence-electron chi connectivity index (χ0n) is 13.1. The Kier molecular flexibility index (Phi) is 4.94. The maximum atomic E-state index is 10.8. The highest BCUT2D eigenvalue weighted by atomic mass is 79.9. The summed E-state index contributed by atoms with van der Waals surface area (Å²) in [5.74, 6) is -0.236. The summed E-state index contributed by atoms with van der Waals surface area (Å²) in [6, 6.07) is 13.8. The van der Waals surface area contributed by atoms with Gasteiger partial charge in [0.2, 0.25) is 0 Å². The molecule has 1 aromatic heterocycles. The van der Waals surface area contributed by atoms with Gasteiger partial charge in [0, 0.05) is 22.2 Å². The molecule has 0 fully saturated rings. The van der Waals surface area contributed by atoms with Crippen LogP contribution in [0.25, 0.3) is 11.3 Å². The first-order valence-electron chi connectivity index (χ1n) is 7.33. The molecule has 0 radical (unpaired) electrons. The zero-order chi connectivity index (χ0) is 18.7. The van der Waals surface area contributed by atoms with Crippen LogP contribution in [0.3, 0.4) is 0 Å². The molecule has 0 unspecified atom stereocenters. The molecule has 3 rings (SSSR count). The Balaban J connectivity index is 1.79. The van der Waals surface area contributed by atoms with Crippen LogP contribution in [0.1, 0.15) is 16.1 Å². The predicted molar refractivity (Wildman–Crippen MR) is 96.5 cm³/mol. The summed E-state index contributed by atoms with van der Waals surface area (Å²) in [6.45, 7) is 0. The van der Waals surface area contributed by atoms with Gasteiger partial charge in [-0.05, 0) is 51.8 Å². The highest BCUT2D eigenvalue weighted by Crippen LogP contribution is 2.32. The summed E-state index contributed by atoms with van der Waals surface area (Å²) in [5, 5.41) is 21.5. The standard InChI is InChI=1S/C18H11BrN2O5/c19-16-9-13(21(24)25)5-7-15(16)17-8-6-14(26-17)10-20-12-3-1-11(2-4-12)18(22)23/h1-10H,(H,22,23)/p-1. The van der Waals surface area contributed by atoms with Crippen LogP contribution in [-0.2, 0) is 0 Å². The van der Waals surface area contributed by atoms with Gasteiger partial charge in [0.15, 0.2) is 0 Å². The number of aromatic carboxylic acids is 1. The van der Waals surface area contributed by atoms with Gasteiger partial charge in [-0.15, -0.1) is 0 Å². The molecule has 0 amide bonds. The number of non-ortho nitro benzene ring substituents is 1. The fraction of sp³-hybridized carbons (Fsp3) is 0. The van der Waals surface area contributed by atoms with E-state index in [4.69, 9.17) is 4.42 Å². The Labute approximate surface area is 155 Å². The Bertz CT molecular complexity index is 1010. The second kappa shape index (κ2) is 7.32. The van der Waals surface area contributed by atoms with E-state index in [0.717, 1.165) is 0 Å². The fourth-order valence-electron chi connectivity index (χ4n) is 2.21. The number of carboxylic acid groups (broad SMARTS) is 1. The van der Waals surface area contributed by atoms with Gasteiger partial charge >= 0.3 is 0 Å². The number of halogens is 1. The van der Waals surface area contributed by atoms with Crippen molar-refractivity contribution in [3.8, 4) is 11.3 Å². The lowest BCUT2D eigenvalue weighted by molar-refractivity contribution is -0.384. The van der Waals surface area contributed by atoms with Crippen molar-refractivity contribution < 1.29 is 19.2 Å². The second-order valence-electron chi connectivity index (χ2n) is 5.22. The van der Waals surface area contributed by atoms with Crippen molar-refractivity contribution in [2.45, 2.75) is 0 Å². The van der Waals surface area contributed by atoms with Crippen molar-refractivity contribution in [1.82, 2.24) is 0 Å². The van der Waals surface area contributed by atoms with Gasteiger partial charge in [0.05, 0.1) is 22.8 Å². The number of nitro groups is 1. The van der Waals surface area contributed by atoms with E-state index in [0.29, 0.717) is 27.2 Å². The van der Waals surface area contributed by atoms with Crippen molar-refractivity contribution in [3.05, 3.63) is 80.5 Å². The number of nitrogens with zero attached hydrogens (tertiary/aromatic N) is 2. The Morgan fingerprint density at radius 3 is 2.46 bits per heavy atom. The lowest BCUT2D eigenvalue weighted by Gasteiger charge is -2.01. The van der Waals surface area contributed by atoms with Crippen LogP contribution in [0.2, 0.25) is 0 Å². The van der Waals surface area contributed by atoms with Crippen molar-refractivity contribution >= 4 is 39.5 Å². The second-order valence-corrected chi connectivity index (χ2v) is 6.07. The molecule has 7 nitrogen and oxygen atoms in total. The molecule has 0 bridgehead atoms. The average Bonchev–Trinajstić information content (AvgIpc) is 3.08. The van der Waals surface area contributed by atoms with E-state index in [1.54, 1.807) is 30.3 Å². The molecular weight excluding hydrogens is 404 g/mol. The molecule has 1 heterocycles. The highest BCUT2D eigenvalue weighted by molar-refractivity contribution is 9.10. The molecule has 0 spiro atoms. The van der Waals surface area contributed by atoms with Crippen molar-refractivity contribution in [1.29, 1.82) is 0 Å². The number of rotatable bonds is 5. The highest BCUT2D eigenvalue weighted by Gasteiger charge is 2.12. The zero-order valence-corrected chi connectivity index (χ0v) is 14.7. The maximum Gasteiger partial charge on any atom is 0.270 e. The van der Waals surface area contributed by atoms with E-state index in [1.165, 1.54) is 30.5 Å². The minimum atomic E-state index is -1.25. The van der Waals surface area contributed by atoms with Gasteiger partial charge in [-0.25, -0.2) is 0 Å². The SMILES string of the molecule is O=C([O-])c1ccc(N=Cc2ccc(-c3ccc([N+](=O)[O-])cc3Br)o2)cc1. The van der Waals surface area contributed by atoms with Crippen molar-refractivity contribution in [3.63, 3.8) is 0 Å². The molecule has 130 valence electrons. The molecule has 0 saturated heterocycles. The van der Waals surface area contributed by atoms with E-state index in [-0.39, 0.29) is 11.3 Å². The van der Waals surface area contributed by atoms with E-state index >= 15 is 0 Å². The van der Waals surface area contributed by atoms with E-state index in [2.05, 4.69) is 20.9 Å². The van der Waals surface area contributed by atoms with Gasteiger partial charge in [0.1, 0.15) is 11.5 Å². The first kappa shape index (κ1) is 17.6. The Morgan fingerprint density at radius 2 is 1.85 bits per heavy atom. The monoisotopic (exact) mass is 413 g/mol. The third kappa shape index (κ3) is 3.86. The number of carbonyl (C=O) groups excluding carboxylic acids is 1. The van der Waals surface area contributed by atoms with Crippen LogP contribution in [0.5, 0.6) is 0 Å². The topological polar surface area (TPSA) is 109 Å². The number of aliphatic imine (C=N–C) groups is 1. The first-order chi connectivity index (χ1) is 12.4. The third-order valence-corrected chi connectivity index (χ3v) is 4.16. The minimum Gasteiger partial charge on any atom is -0.545 e. The van der Waals surface area contributed by atoms with Crippen LogP contribution in [0, 0.1) is 10.1 Å². The van der Waals surface area contributed by atoms with E-state index in [1.807, 2.05) is 0 Å². The molecule has 0 atom stereocenters. The van der Waals surface area contributed by atoms with Crippen molar-refractivity contribution in [2.75, 3.05) is 0 Å². The Morgan fingerprint density at radius 1 is 1.12 bits per heavy atom. The minimum absolute atomic E-state index is 0.0195. The van der Waals surface area contributed by atoms with Gasteiger partial charge < -0.3 is 14.3 Å². The summed E-state index contributed by atoms with van der Waals surface area (Å²) >= 11 is 3.30. The van der Waals surface area contributed by atoms with Gasteiger partial charge in [0.25, 0.3) is 5.69 Å². The van der Waals surface area contributed by atoms with E-state index < -0.39 is 10.9 Å². The molecule has 0 aliphatic heterocycles. The van der Waals surface area contributed by atoms with Gasteiger partial charge in [-0.1, -0.05) is 12.1 Å². The summed E-state index contributed by atoms with van der Waals surface area (Å²) in [6.07, 6.45) is 1.50. The number of carboxylic acids is 1. The van der Waals surface area contributed by atoms with Gasteiger partial charge in [-0.2, -0.15) is 0 Å². The summed E-state index contributed by atoms with van der Waals surface area (Å²) in [5.41, 5.74) is 1.29. The van der Waals surface area contributed by atoms with Crippen LogP contribution >= 0.6 is 15.9 Å². The third-order valence-electron chi connectivity index (χ3n) is 3.50. The smallest absolute Gasteiger partial charge is 0.270 e. The van der Waals surface area contributed by atoms with Gasteiger partial charge in [-0.3, -0.25) is 15.1 Å². The lowest BCUT2D eigenvalue weighted by Crippen LogP contribution is -2.21.